The Bertz CT molecular complexity index is 693. The molecule has 3 N–H and O–H groups in total. The first-order valence-electron chi connectivity index (χ1n) is 8.67. The van der Waals surface area contributed by atoms with Crippen molar-refractivity contribution in [3.63, 3.8) is 0 Å². The number of hydrogen-bond donors (Lipinski definition) is 3. The van der Waals surface area contributed by atoms with Crippen molar-refractivity contribution in [2.75, 3.05) is 37.9 Å². The molecule has 26 heavy (non-hydrogen) atoms. The van der Waals surface area contributed by atoms with Crippen molar-refractivity contribution in [3.8, 4) is 11.5 Å². The SMILES string of the molecule is COc1c(OC2CCNCC2)ccnc1Nc1ccc(SCCO)nc1. The lowest BCUT2D eigenvalue weighted by atomic mass is 10.1. The van der Waals surface area contributed by atoms with E-state index in [1.807, 2.05) is 18.2 Å². The summed E-state index contributed by atoms with van der Waals surface area (Å²) in [5.74, 6) is 2.51. The van der Waals surface area contributed by atoms with E-state index in [1.165, 1.54) is 11.8 Å². The van der Waals surface area contributed by atoms with Gasteiger partial charge in [0, 0.05) is 18.0 Å². The van der Waals surface area contributed by atoms with Gasteiger partial charge in [0.25, 0.3) is 0 Å². The summed E-state index contributed by atoms with van der Waals surface area (Å²) in [6.45, 7) is 2.07. The maximum absolute atomic E-state index is 8.88. The predicted molar refractivity (Wildman–Crippen MR) is 103 cm³/mol. The lowest BCUT2D eigenvalue weighted by Gasteiger charge is -2.25. The maximum atomic E-state index is 8.88. The quantitative estimate of drug-likeness (QED) is 0.606. The molecule has 7 nitrogen and oxygen atoms in total. The van der Waals surface area contributed by atoms with Gasteiger partial charge in [-0.3, -0.25) is 0 Å². The Hall–Kier alpha value is -2.03. The van der Waals surface area contributed by atoms with Crippen molar-refractivity contribution in [2.24, 2.45) is 0 Å². The average molecular weight is 376 g/mol. The molecular formula is C18H24N4O3S. The van der Waals surface area contributed by atoms with Crippen LogP contribution in [0.3, 0.4) is 0 Å². The van der Waals surface area contributed by atoms with Crippen molar-refractivity contribution in [3.05, 3.63) is 30.6 Å². The zero-order valence-electron chi connectivity index (χ0n) is 14.8. The number of hydrogen-bond acceptors (Lipinski definition) is 8. The molecule has 0 atom stereocenters. The molecule has 1 aliphatic rings. The van der Waals surface area contributed by atoms with Crippen molar-refractivity contribution >= 4 is 23.3 Å². The topological polar surface area (TPSA) is 88.5 Å². The summed E-state index contributed by atoms with van der Waals surface area (Å²) >= 11 is 1.51. The third-order valence-corrected chi connectivity index (χ3v) is 4.92. The maximum Gasteiger partial charge on any atom is 0.204 e. The fraction of sp³-hybridized carbons (Fsp3) is 0.444. The highest BCUT2D eigenvalue weighted by molar-refractivity contribution is 7.99. The van der Waals surface area contributed by atoms with Crippen molar-refractivity contribution < 1.29 is 14.6 Å². The number of pyridine rings is 2. The molecular weight excluding hydrogens is 352 g/mol. The number of aromatic nitrogens is 2. The smallest absolute Gasteiger partial charge is 0.204 e. The molecule has 0 saturated carbocycles. The summed E-state index contributed by atoms with van der Waals surface area (Å²) in [7, 11) is 1.62. The Morgan fingerprint density at radius 2 is 2.12 bits per heavy atom. The minimum Gasteiger partial charge on any atom is -0.490 e. The number of nitrogens with zero attached hydrogens (tertiary/aromatic N) is 2. The number of ether oxygens (including phenoxy) is 2. The van der Waals surface area contributed by atoms with Gasteiger partial charge in [-0.05, 0) is 38.1 Å². The second kappa shape index (κ2) is 9.61. The Kier molecular flexibility index (Phi) is 6.93. The normalized spacial score (nSPS) is 14.8. The van der Waals surface area contributed by atoms with E-state index in [-0.39, 0.29) is 12.7 Å². The molecule has 2 aromatic heterocycles. The molecule has 0 bridgehead atoms. The molecule has 0 aromatic carbocycles. The van der Waals surface area contributed by atoms with Gasteiger partial charge in [0.2, 0.25) is 5.75 Å². The highest BCUT2D eigenvalue weighted by Crippen LogP contribution is 2.36. The van der Waals surface area contributed by atoms with Gasteiger partial charge in [-0.25, -0.2) is 9.97 Å². The summed E-state index contributed by atoms with van der Waals surface area (Å²) in [6.07, 6.45) is 5.59. The van der Waals surface area contributed by atoms with E-state index in [0.29, 0.717) is 23.1 Å². The molecule has 1 fully saturated rings. The van der Waals surface area contributed by atoms with Crippen molar-refractivity contribution in [1.82, 2.24) is 15.3 Å². The van der Waals surface area contributed by atoms with Gasteiger partial charge < -0.3 is 25.2 Å². The predicted octanol–water partition coefficient (Wildman–Crippen LogP) is 2.44. The van der Waals surface area contributed by atoms with Crippen LogP contribution < -0.4 is 20.1 Å². The van der Waals surface area contributed by atoms with Crippen LogP contribution in [0, 0.1) is 0 Å². The van der Waals surface area contributed by atoms with Gasteiger partial charge in [-0.15, -0.1) is 11.8 Å². The molecule has 140 valence electrons. The zero-order chi connectivity index (χ0) is 18.2. The van der Waals surface area contributed by atoms with Crippen molar-refractivity contribution in [1.29, 1.82) is 0 Å². The van der Waals surface area contributed by atoms with E-state index in [4.69, 9.17) is 14.6 Å². The molecule has 0 amide bonds. The van der Waals surface area contributed by atoms with Crippen molar-refractivity contribution in [2.45, 2.75) is 24.0 Å². The second-order valence-electron chi connectivity index (χ2n) is 5.84. The van der Waals surface area contributed by atoms with Crippen LogP contribution in [0.5, 0.6) is 11.5 Å². The molecule has 0 aliphatic carbocycles. The molecule has 1 saturated heterocycles. The minimum absolute atomic E-state index is 0.136. The lowest BCUT2D eigenvalue weighted by Crippen LogP contribution is -2.34. The molecule has 2 aromatic rings. The van der Waals surface area contributed by atoms with Gasteiger partial charge >= 0.3 is 0 Å². The Morgan fingerprint density at radius 1 is 1.27 bits per heavy atom. The van der Waals surface area contributed by atoms with E-state index in [2.05, 4.69) is 20.6 Å². The van der Waals surface area contributed by atoms with Gasteiger partial charge in [-0.2, -0.15) is 0 Å². The minimum atomic E-state index is 0.136. The van der Waals surface area contributed by atoms with E-state index < -0.39 is 0 Å². The molecule has 0 radical (unpaired) electrons. The third-order valence-electron chi connectivity index (χ3n) is 3.99. The average Bonchev–Trinajstić information content (AvgIpc) is 2.68. The summed E-state index contributed by atoms with van der Waals surface area (Å²) < 4.78 is 11.7. The number of rotatable bonds is 8. The molecule has 8 heteroatoms. The van der Waals surface area contributed by atoms with Crippen LogP contribution in [0.4, 0.5) is 11.5 Å². The van der Waals surface area contributed by atoms with E-state index >= 15 is 0 Å². The number of aliphatic hydroxyl groups excluding tert-OH is 1. The largest absolute Gasteiger partial charge is 0.490 e. The standard InChI is InChI=1S/C18H24N4O3S/c1-24-17-15(25-14-4-7-19-8-5-14)6-9-20-18(17)22-13-2-3-16(21-12-13)26-11-10-23/h2-3,6,9,12,14,19,23H,4-5,7-8,10-11H2,1H3,(H,20,22). The highest BCUT2D eigenvalue weighted by Gasteiger charge is 2.19. The van der Waals surface area contributed by atoms with Crippen LogP contribution >= 0.6 is 11.8 Å². The summed E-state index contributed by atoms with van der Waals surface area (Å²) in [6, 6.07) is 5.66. The van der Waals surface area contributed by atoms with Crippen LogP contribution in [0.1, 0.15) is 12.8 Å². The fourth-order valence-corrected chi connectivity index (χ4v) is 3.32. The first-order valence-corrected chi connectivity index (χ1v) is 9.66. The first-order chi connectivity index (χ1) is 12.8. The number of piperidine rings is 1. The van der Waals surface area contributed by atoms with E-state index in [0.717, 1.165) is 36.6 Å². The lowest BCUT2D eigenvalue weighted by molar-refractivity contribution is 0.156. The van der Waals surface area contributed by atoms with E-state index in [1.54, 1.807) is 19.5 Å². The Labute approximate surface area is 157 Å². The van der Waals surface area contributed by atoms with Crippen LogP contribution in [0.2, 0.25) is 0 Å². The van der Waals surface area contributed by atoms with Gasteiger partial charge in [0.15, 0.2) is 11.6 Å². The summed E-state index contributed by atoms with van der Waals surface area (Å²) in [5.41, 5.74) is 0.808. The van der Waals surface area contributed by atoms with Crippen LogP contribution in [0.15, 0.2) is 35.6 Å². The zero-order valence-corrected chi connectivity index (χ0v) is 15.6. The Morgan fingerprint density at radius 3 is 2.81 bits per heavy atom. The third kappa shape index (κ3) is 5.00. The van der Waals surface area contributed by atoms with Gasteiger partial charge in [0.1, 0.15) is 6.10 Å². The number of nitrogens with one attached hydrogen (secondary N) is 2. The number of anilines is 2. The molecule has 3 heterocycles. The monoisotopic (exact) mass is 376 g/mol. The Balaban J connectivity index is 1.71. The number of aliphatic hydroxyl groups is 1. The summed E-state index contributed by atoms with van der Waals surface area (Å²) in [5, 5.41) is 16.3. The fourth-order valence-electron chi connectivity index (χ4n) is 2.73. The van der Waals surface area contributed by atoms with Crippen LogP contribution in [-0.4, -0.2) is 53.7 Å². The number of methoxy groups -OCH3 is 1. The summed E-state index contributed by atoms with van der Waals surface area (Å²) in [4.78, 5) is 8.74. The highest BCUT2D eigenvalue weighted by atomic mass is 32.2. The molecule has 0 unspecified atom stereocenters. The van der Waals surface area contributed by atoms with E-state index in [9.17, 15) is 0 Å². The van der Waals surface area contributed by atoms with Gasteiger partial charge in [-0.1, -0.05) is 0 Å². The van der Waals surface area contributed by atoms with Gasteiger partial charge in [0.05, 0.1) is 30.6 Å². The molecule has 3 rings (SSSR count). The number of thioether (sulfide) groups is 1. The first kappa shape index (κ1) is 18.8. The molecule has 1 aliphatic heterocycles. The van der Waals surface area contributed by atoms with Crippen LogP contribution in [-0.2, 0) is 0 Å². The second-order valence-corrected chi connectivity index (χ2v) is 6.96. The van der Waals surface area contributed by atoms with Crippen LogP contribution in [0.25, 0.3) is 0 Å². The molecule has 0 spiro atoms.